The van der Waals surface area contributed by atoms with Crippen molar-refractivity contribution < 1.29 is 27.5 Å². The van der Waals surface area contributed by atoms with Crippen LogP contribution in [0.2, 0.25) is 5.02 Å². The Labute approximate surface area is 256 Å². The second kappa shape index (κ2) is 12.0. The summed E-state index contributed by atoms with van der Waals surface area (Å²) in [5.41, 5.74) is 0.774. The molecule has 2 saturated carbocycles. The maximum Gasteiger partial charge on any atom is 0.282 e. The van der Waals surface area contributed by atoms with Crippen LogP contribution in [0.1, 0.15) is 69.6 Å². The molecule has 232 valence electrons. The molecule has 1 saturated heterocycles. The average molecular weight is 630 g/mol. The van der Waals surface area contributed by atoms with Crippen LogP contribution in [0.25, 0.3) is 11.1 Å². The molecular formula is C31H31ClF3N5O4. The molecule has 3 aliphatic rings. The Morgan fingerprint density at radius 3 is 2.50 bits per heavy atom. The lowest BCUT2D eigenvalue weighted by Gasteiger charge is -2.39. The Bertz CT molecular complexity index is 1680. The number of benzene rings is 1. The van der Waals surface area contributed by atoms with Crippen LogP contribution in [0.5, 0.6) is 0 Å². The van der Waals surface area contributed by atoms with E-state index in [2.05, 4.69) is 15.6 Å². The molecular weight excluding hydrogens is 599 g/mol. The monoisotopic (exact) mass is 629 g/mol. The lowest BCUT2D eigenvalue weighted by Crippen LogP contribution is -2.58. The topological polar surface area (TPSA) is 106 Å². The summed E-state index contributed by atoms with van der Waals surface area (Å²) in [6.45, 7) is -0.0283. The lowest BCUT2D eigenvalue weighted by molar-refractivity contribution is -0.113. The predicted octanol–water partition coefficient (Wildman–Crippen LogP) is 4.99. The molecule has 0 bridgehead atoms. The second-order valence-electron chi connectivity index (χ2n) is 11.6. The molecule has 3 aromatic rings. The number of aromatic nitrogens is 2. The van der Waals surface area contributed by atoms with Crippen LogP contribution >= 0.6 is 11.6 Å². The van der Waals surface area contributed by atoms with Gasteiger partial charge in [-0.2, -0.15) is 0 Å². The fourth-order valence-electron chi connectivity index (χ4n) is 5.34. The number of nitrogens with zero attached hydrogens (tertiary/aromatic N) is 3. The van der Waals surface area contributed by atoms with Crippen molar-refractivity contribution in [2.24, 2.45) is 0 Å². The van der Waals surface area contributed by atoms with Gasteiger partial charge in [-0.15, -0.1) is 0 Å². The van der Waals surface area contributed by atoms with E-state index in [1.165, 1.54) is 12.1 Å². The van der Waals surface area contributed by atoms with Gasteiger partial charge in [0.15, 0.2) is 0 Å². The van der Waals surface area contributed by atoms with Crippen LogP contribution < -0.4 is 16.2 Å². The molecule has 2 aromatic heterocycles. The van der Waals surface area contributed by atoms with Gasteiger partial charge in [0.05, 0.1) is 25.3 Å². The zero-order valence-corrected chi connectivity index (χ0v) is 24.7. The van der Waals surface area contributed by atoms with Crippen molar-refractivity contribution in [1.82, 2.24) is 19.8 Å². The van der Waals surface area contributed by atoms with Crippen LogP contribution in [0.3, 0.4) is 0 Å². The number of alkyl halides is 2. The molecule has 0 atom stereocenters. The molecule has 0 unspecified atom stereocenters. The Hall–Kier alpha value is -3.74. The molecule has 0 spiro atoms. The van der Waals surface area contributed by atoms with E-state index >= 15 is 4.39 Å². The summed E-state index contributed by atoms with van der Waals surface area (Å²) in [6, 6.07) is 6.91. The van der Waals surface area contributed by atoms with Crippen molar-refractivity contribution in [2.75, 3.05) is 38.7 Å². The summed E-state index contributed by atoms with van der Waals surface area (Å²) in [5.74, 6) is -5.14. The third kappa shape index (κ3) is 6.52. The number of nitrogens with one attached hydrogen (secondary N) is 2. The van der Waals surface area contributed by atoms with Gasteiger partial charge in [0.25, 0.3) is 23.3 Å². The van der Waals surface area contributed by atoms with Crippen molar-refractivity contribution >= 4 is 29.2 Å². The first kappa shape index (κ1) is 30.3. The minimum Gasteiger partial charge on any atom is -0.383 e. The number of anilines is 1. The third-order valence-corrected chi connectivity index (χ3v) is 8.10. The molecule has 6 rings (SSSR count). The smallest absolute Gasteiger partial charge is 0.282 e. The summed E-state index contributed by atoms with van der Waals surface area (Å²) >= 11 is 6.08. The fraction of sp³-hybridized carbons (Fsp3) is 0.419. The Morgan fingerprint density at radius 2 is 1.84 bits per heavy atom. The van der Waals surface area contributed by atoms with Gasteiger partial charge in [0.2, 0.25) is 0 Å². The van der Waals surface area contributed by atoms with Gasteiger partial charge in [-0.3, -0.25) is 14.4 Å². The molecule has 3 fully saturated rings. The number of rotatable bonds is 11. The zero-order chi connectivity index (χ0) is 31.2. The van der Waals surface area contributed by atoms with Crippen molar-refractivity contribution in [1.29, 1.82) is 0 Å². The van der Waals surface area contributed by atoms with E-state index in [4.69, 9.17) is 16.3 Å². The van der Waals surface area contributed by atoms with Gasteiger partial charge < -0.3 is 24.8 Å². The van der Waals surface area contributed by atoms with E-state index in [1.54, 1.807) is 30.0 Å². The van der Waals surface area contributed by atoms with Crippen LogP contribution in [-0.4, -0.2) is 65.5 Å². The van der Waals surface area contributed by atoms with Gasteiger partial charge >= 0.3 is 0 Å². The summed E-state index contributed by atoms with van der Waals surface area (Å²) in [5, 5.41) is 5.87. The maximum atomic E-state index is 15.5. The summed E-state index contributed by atoms with van der Waals surface area (Å²) in [6.07, 6.45) is 5.13. The standard InChI is InChI=1S/C31H31ClF3N5O4/c1-44-7-6-36-13-17-8-23(30(43)40(14-17)21-4-5-21)28(41)38-26-10-19(9-25(37-26)18-2-3-18)27-22(11-20(32)12-24(27)33)29(42)39-15-31(34,35)16-39/h8-12,14,18,21,36H,2-7,13,15-16H2,1H3,(H,37,38,41). The molecule has 9 nitrogen and oxygen atoms in total. The number of carbonyl (C=O) groups excluding carboxylic acids is 2. The Kier molecular flexibility index (Phi) is 8.25. The van der Waals surface area contributed by atoms with Crippen molar-refractivity contribution in [3.05, 3.63) is 80.1 Å². The van der Waals surface area contributed by atoms with E-state index in [0.717, 1.165) is 42.2 Å². The van der Waals surface area contributed by atoms with Crippen molar-refractivity contribution in [3.63, 3.8) is 0 Å². The highest BCUT2D eigenvalue weighted by atomic mass is 35.5. The Balaban J connectivity index is 1.34. The molecule has 44 heavy (non-hydrogen) atoms. The quantitative estimate of drug-likeness (QED) is 0.290. The van der Waals surface area contributed by atoms with Crippen LogP contribution in [0.4, 0.5) is 19.0 Å². The second-order valence-corrected chi connectivity index (χ2v) is 12.0. The van der Waals surface area contributed by atoms with Gasteiger partial charge in [0, 0.05) is 54.6 Å². The van der Waals surface area contributed by atoms with E-state index in [-0.39, 0.29) is 45.1 Å². The highest BCUT2D eigenvalue weighted by Crippen LogP contribution is 2.42. The molecule has 1 aromatic carbocycles. The number of methoxy groups -OCH3 is 1. The minimum atomic E-state index is -3.00. The van der Waals surface area contributed by atoms with Gasteiger partial charge in [-0.1, -0.05) is 11.6 Å². The molecule has 2 aliphatic carbocycles. The third-order valence-electron chi connectivity index (χ3n) is 7.88. The lowest BCUT2D eigenvalue weighted by atomic mass is 9.96. The summed E-state index contributed by atoms with van der Waals surface area (Å²) in [7, 11) is 1.60. The van der Waals surface area contributed by atoms with Crippen LogP contribution in [-0.2, 0) is 11.3 Å². The van der Waals surface area contributed by atoms with Crippen molar-refractivity contribution in [2.45, 2.75) is 50.1 Å². The largest absolute Gasteiger partial charge is 0.383 e. The predicted molar refractivity (Wildman–Crippen MR) is 158 cm³/mol. The zero-order valence-electron chi connectivity index (χ0n) is 24.0. The van der Waals surface area contributed by atoms with E-state index in [9.17, 15) is 23.2 Å². The molecule has 0 radical (unpaired) electrons. The van der Waals surface area contributed by atoms with Crippen LogP contribution in [0.15, 0.2) is 41.3 Å². The number of carbonyl (C=O) groups is 2. The number of hydrogen-bond donors (Lipinski definition) is 2. The van der Waals surface area contributed by atoms with E-state index in [0.29, 0.717) is 25.4 Å². The normalized spacial score (nSPS) is 17.3. The first-order chi connectivity index (χ1) is 21.0. The number of halogens is 4. The average Bonchev–Trinajstić information content (AvgIpc) is 3.87. The number of hydrogen-bond acceptors (Lipinski definition) is 6. The first-order valence-corrected chi connectivity index (χ1v) is 14.9. The number of amides is 2. The van der Waals surface area contributed by atoms with Crippen molar-refractivity contribution in [3.8, 4) is 11.1 Å². The number of likely N-dealkylation sites (tertiary alicyclic amines) is 1. The van der Waals surface area contributed by atoms with Gasteiger partial charge in [-0.05, 0) is 67.1 Å². The molecule has 13 heteroatoms. The molecule has 1 aliphatic heterocycles. The minimum absolute atomic E-state index is 0.0334. The number of ether oxygens (including phenoxy) is 1. The molecule has 2 amide bonds. The van der Waals surface area contributed by atoms with E-state index in [1.807, 2.05) is 0 Å². The van der Waals surface area contributed by atoms with Gasteiger partial charge in [0.1, 0.15) is 17.2 Å². The SMILES string of the molecule is COCCNCc1cc(C(=O)Nc2cc(-c3c(F)cc(Cl)cc3C(=O)N3CC(F)(F)C3)cc(C3CC3)n2)c(=O)n(C2CC2)c1. The van der Waals surface area contributed by atoms with Gasteiger partial charge in [-0.25, -0.2) is 18.2 Å². The number of pyridine rings is 2. The molecule has 3 heterocycles. The van der Waals surface area contributed by atoms with Crippen LogP contribution in [0, 0.1) is 5.82 Å². The molecule has 2 N–H and O–H groups in total. The Morgan fingerprint density at radius 1 is 1.09 bits per heavy atom. The highest BCUT2D eigenvalue weighted by molar-refractivity contribution is 6.31. The summed E-state index contributed by atoms with van der Waals surface area (Å²) < 4.78 is 49.3. The maximum absolute atomic E-state index is 15.5. The fourth-order valence-corrected chi connectivity index (χ4v) is 5.55. The van der Waals surface area contributed by atoms with E-state index < -0.39 is 42.2 Å². The summed E-state index contributed by atoms with van der Waals surface area (Å²) in [4.78, 5) is 45.6. The first-order valence-electron chi connectivity index (χ1n) is 14.5. The highest BCUT2D eigenvalue weighted by Gasteiger charge is 2.47.